The number of fused-ring (bicyclic) bond motifs is 1. The third kappa shape index (κ3) is 0.822. The van der Waals surface area contributed by atoms with Crippen LogP contribution in [0.5, 0.6) is 0 Å². The third-order valence-corrected chi connectivity index (χ3v) is 1.78. The standard InChI is InChI=1S/C6H2ClN5/c1-8-4-2-10-12-5(6(4)7)3-9-11-12/h2-3H. The topological polar surface area (TPSA) is 47.4 Å². The molecule has 12 heavy (non-hydrogen) atoms. The van der Waals surface area contributed by atoms with E-state index >= 15 is 0 Å². The van der Waals surface area contributed by atoms with Crippen molar-refractivity contribution in [3.05, 3.63) is 28.8 Å². The summed E-state index contributed by atoms with van der Waals surface area (Å²) < 4.78 is 1.27. The van der Waals surface area contributed by atoms with Crippen LogP contribution >= 0.6 is 11.6 Å². The van der Waals surface area contributed by atoms with Crippen LogP contribution in [0.15, 0.2) is 12.4 Å². The first-order valence-corrected chi connectivity index (χ1v) is 3.43. The highest BCUT2D eigenvalue weighted by atomic mass is 35.5. The highest BCUT2D eigenvalue weighted by molar-refractivity contribution is 6.36. The maximum atomic E-state index is 6.76. The first kappa shape index (κ1) is 7.00. The van der Waals surface area contributed by atoms with Crippen molar-refractivity contribution in [3.8, 4) is 0 Å². The van der Waals surface area contributed by atoms with Gasteiger partial charge in [0.1, 0.15) is 5.52 Å². The fourth-order valence-corrected chi connectivity index (χ4v) is 1.05. The van der Waals surface area contributed by atoms with Crippen LogP contribution in [0.2, 0.25) is 5.02 Å². The second kappa shape index (κ2) is 2.43. The quantitative estimate of drug-likeness (QED) is 0.574. The van der Waals surface area contributed by atoms with E-state index < -0.39 is 0 Å². The molecule has 0 N–H and O–H groups in total. The highest BCUT2D eigenvalue weighted by Gasteiger charge is 2.06. The van der Waals surface area contributed by atoms with E-state index in [2.05, 4.69) is 20.3 Å². The fraction of sp³-hybridized carbons (Fsp3) is 0. The number of hydrogen-bond acceptors (Lipinski definition) is 3. The van der Waals surface area contributed by atoms with Crippen molar-refractivity contribution in [2.45, 2.75) is 0 Å². The molecular weight excluding hydrogens is 178 g/mol. The van der Waals surface area contributed by atoms with E-state index in [9.17, 15) is 0 Å². The molecule has 0 aliphatic rings. The SMILES string of the molecule is [C-]#[N+]c1cnn2nncc2c1Cl. The van der Waals surface area contributed by atoms with E-state index in [1.54, 1.807) is 0 Å². The van der Waals surface area contributed by atoms with E-state index in [0.717, 1.165) is 0 Å². The van der Waals surface area contributed by atoms with Gasteiger partial charge >= 0.3 is 0 Å². The van der Waals surface area contributed by atoms with E-state index in [0.29, 0.717) is 16.2 Å². The molecule has 5 nitrogen and oxygen atoms in total. The second-order valence-corrected chi connectivity index (χ2v) is 2.44. The Kier molecular flexibility index (Phi) is 1.42. The van der Waals surface area contributed by atoms with Crippen molar-refractivity contribution in [1.29, 1.82) is 0 Å². The van der Waals surface area contributed by atoms with E-state index in [1.807, 2.05) is 0 Å². The zero-order valence-electron chi connectivity index (χ0n) is 5.77. The summed E-state index contributed by atoms with van der Waals surface area (Å²) in [4.78, 5) is 3.19. The normalized spacial score (nSPS) is 10.0. The largest absolute Gasteiger partial charge is 0.235 e. The Balaban J connectivity index is 2.89. The van der Waals surface area contributed by atoms with Gasteiger partial charge in [-0.25, -0.2) is 4.85 Å². The van der Waals surface area contributed by atoms with Gasteiger partial charge in [-0.1, -0.05) is 11.6 Å². The average molecular weight is 180 g/mol. The van der Waals surface area contributed by atoms with E-state index in [1.165, 1.54) is 17.0 Å². The van der Waals surface area contributed by atoms with Gasteiger partial charge in [-0.05, 0) is 5.21 Å². The Morgan fingerprint density at radius 3 is 3.08 bits per heavy atom. The van der Waals surface area contributed by atoms with Gasteiger partial charge in [0.15, 0.2) is 0 Å². The average Bonchev–Trinajstić information content (AvgIpc) is 2.53. The zero-order chi connectivity index (χ0) is 8.55. The van der Waals surface area contributed by atoms with Crippen LogP contribution in [0.25, 0.3) is 10.4 Å². The molecule has 6 heteroatoms. The number of aromatic nitrogens is 4. The molecule has 0 bridgehead atoms. The van der Waals surface area contributed by atoms with Gasteiger partial charge < -0.3 is 0 Å². The van der Waals surface area contributed by atoms with Crippen molar-refractivity contribution < 1.29 is 0 Å². The molecule has 2 aromatic heterocycles. The molecule has 2 heterocycles. The monoisotopic (exact) mass is 179 g/mol. The van der Waals surface area contributed by atoms with Crippen molar-refractivity contribution >= 4 is 22.8 Å². The minimum atomic E-state index is 0.312. The Morgan fingerprint density at radius 2 is 2.33 bits per heavy atom. The predicted molar refractivity (Wildman–Crippen MR) is 42.1 cm³/mol. The molecule has 58 valence electrons. The first-order valence-electron chi connectivity index (χ1n) is 3.05. The van der Waals surface area contributed by atoms with Crippen LogP contribution < -0.4 is 0 Å². The van der Waals surface area contributed by atoms with Crippen LogP contribution in [-0.2, 0) is 0 Å². The van der Waals surface area contributed by atoms with Gasteiger partial charge in [0.25, 0.3) is 0 Å². The number of rotatable bonds is 0. The molecule has 0 unspecified atom stereocenters. The minimum absolute atomic E-state index is 0.312. The lowest BCUT2D eigenvalue weighted by molar-refractivity contribution is 0.744. The molecule has 0 aliphatic heterocycles. The van der Waals surface area contributed by atoms with Crippen LogP contribution in [-0.4, -0.2) is 20.0 Å². The smallest absolute Gasteiger partial charge is 0.227 e. The molecule has 0 aliphatic carbocycles. The third-order valence-electron chi connectivity index (χ3n) is 1.39. The van der Waals surface area contributed by atoms with Gasteiger partial charge in [-0.2, -0.15) is 5.10 Å². The summed E-state index contributed by atoms with van der Waals surface area (Å²) in [6, 6.07) is 0. The molecule has 0 amide bonds. The summed E-state index contributed by atoms with van der Waals surface area (Å²) in [7, 11) is 0. The van der Waals surface area contributed by atoms with Crippen molar-refractivity contribution in [2.75, 3.05) is 0 Å². The van der Waals surface area contributed by atoms with Crippen LogP contribution in [0, 0.1) is 6.57 Å². The molecule has 0 saturated heterocycles. The molecule has 0 atom stereocenters. The van der Waals surface area contributed by atoms with Crippen LogP contribution in [0.3, 0.4) is 0 Å². The zero-order valence-corrected chi connectivity index (χ0v) is 6.52. The molecule has 2 rings (SSSR count). The van der Waals surface area contributed by atoms with Gasteiger partial charge in [0, 0.05) is 0 Å². The summed E-state index contributed by atoms with van der Waals surface area (Å²) in [6.07, 6.45) is 2.82. The van der Waals surface area contributed by atoms with E-state index in [4.69, 9.17) is 18.2 Å². The molecule has 0 aromatic carbocycles. The molecule has 0 saturated carbocycles. The second-order valence-electron chi connectivity index (χ2n) is 2.06. The van der Waals surface area contributed by atoms with E-state index in [-0.39, 0.29) is 0 Å². The lowest BCUT2D eigenvalue weighted by Crippen LogP contribution is -1.92. The Labute approximate surface area is 72.4 Å². The van der Waals surface area contributed by atoms with Crippen LogP contribution in [0.1, 0.15) is 0 Å². The molecule has 0 radical (unpaired) electrons. The van der Waals surface area contributed by atoms with Gasteiger partial charge in [0.05, 0.1) is 24.0 Å². The molecular formula is C6H2ClN5. The van der Waals surface area contributed by atoms with Gasteiger partial charge in [0.2, 0.25) is 5.69 Å². The van der Waals surface area contributed by atoms with Crippen molar-refractivity contribution in [1.82, 2.24) is 20.0 Å². The summed E-state index contributed by atoms with van der Waals surface area (Å²) in [5, 5.41) is 11.4. The minimum Gasteiger partial charge on any atom is -0.235 e. The highest BCUT2D eigenvalue weighted by Crippen LogP contribution is 2.26. The maximum absolute atomic E-state index is 6.76. The Bertz CT molecular complexity index is 468. The van der Waals surface area contributed by atoms with Gasteiger partial charge in [-0.3, -0.25) is 0 Å². The summed E-state index contributed by atoms with van der Waals surface area (Å²) in [5.41, 5.74) is 0.858. The molecule has 0 fully saturated rings. The summed E-state index contributed by atoms with van der Waals surface area (Å²) in [6.45, 7) is 6.76. The fourth-order valence-electron chi connectivity index (χ4n) is 0.834. The van der Waals surface area contributed by atoms with Crippen molar-refractivity contribution in [3.63, 3.8) is 0 Å². The molecule has 0 spiro atoms. The summed E-state index contributed by atoms with van der Waals surface area (Å²) >= 11 is 5.83. The lowest BCUT2D eigenvalue weighted by atomic mass is 10.4. The molecule has 2 aromatic rings. The number of nitrogens with zero attached hydrogens (tertiary/aromatic N) is 5. The predicted octanol–water partition coefficient (Wildman–Crippen LogP) is 1.33. The maximum Gasteiger partial charge on any atom is 0.227 e. The van der Waals surface area contributed by atoms with Crippen molar-refractivity contribution in [2.24, 2.45) is 0 Å². The first-order chi connectivity index (χ1) is 5.83. The Hall–Kier alpha value is -1.67. The lowest BCUT2D eigenvalue weighted by Gasteiger charge is -1.94. The van der Waals surface area contributed by atoms with Gasteiger partial charge in [-0.15, -0.1) is 9.73 Å². The number of hydrogen-bond donors (Lipinski definition) is 0. The summed E-state index contributed by atoms with van der Waals surface area (Å²) in [5.74, 6) is 0. The van der Waals surface area contributed by atoms with Crippen LogP contribution in [0.4, 0.5) is 5.69 Å². The number of halogens is 1. The Morgan fingerprint density at radius 1 is 1.50 bits per heavy atom.